The molecule has 4 nitrogen and oxygen atoms in total. The topological polar surface area (TPSA) is 58.2 Å². The molecule has 2 saturated heterocycles. The molecule has 2 unspecified atom stereocenters. The number of rotatable bonds is 1. The Balaban J connectivity index is 1.95. The lowest BCUT2D eigenvalue weighted by atomic mass is 10.0. The highest BCUT2D eigenvalue weighted by Gasteiger charge is 2.30. The van der Waals surface area contributed by atoms with Gasteiger partial charge in [0.1, 0.15) is 0 Å². The van der Waals surface area contributed by atoms with E-state index in [9.17, 15) is 9.59 Å². The molecule has 2 heterocycles. The van der Waals surface area contributed by atoms with Crippen LogP contribution in [0.1, 0.15) is 38.5 Å². The third-order valence-electron chi connectivity index (χ3n) is 3.03. The first kappa shape index (κ1) is 9.49. The molecule has 2 fully saturated rings. The molecule has 2 amide bonds. The average molecular weight is 196 g/mol. The van der Waals surface area contributed by atoms with Gasteiger partial charge in [-0.3, -0.25) is 9.59 Å². The van der Waals surface area contributed by atoms with Crippen molar-refractivity contribution in [2.75, 3.05) is 0 Å². The van der Waals surface area contributed by atoms with Gasteiger partial charge in [0, 0.05) is 24.9 Å². The molecule has 0 aromatic carbocycles. The van der Waals surface area contributed by atoms with Gasteiger partial charge < -0.3 is 10.6 Å². The highest BCUT2D eigenvalue weighted by molar-refractivity contribution is 5.79. The van der Waals surface area contributed by atoms with Gasteiger partial charge in [0.2, 0.25) is 11.8 Å². The van der Waals surface area contributed by atoms with Crippen molar-refractivity contribution >= 4 is 11.8 Å². The molecule has 0 saturated carbocycles. The highest BCUT2D eigenvalue weighted by Crippen LogP contribution is 2.18. The monoisotopic (exact) mass is 196 g/mol. The summed E-state index contributed by atoms with van der Waals surface area (Å²) in [5.74, 6) is 0.252. The Morgan fingerprint density at radius 3 is 2.21 bits per heavy atom. The molecule has 0 bridgehead atoms. The lowest BCUT2D eigenvalue weighted by molar-refractivity contribution is -0.122. The van der Waals surface area contributed by atoms with E-state index in [-0.39, 0.29) is 23.9 Å². The average Bonchev–Trinajstić information content (AvgIpc) is 2.45. The van der Waals surface area contributed by atoms with Crippen molar-refractivity contribution in [1.29, 1.82) is 0 Å². The second kappa shape index (κ2) is 3.98. The number of carbonyl (C=O) groups is 2. The van der Waals surface area contributed by atoms with E-state index in [0.29, 0.717) is 12.8 Å². The van der Waals surface area contributed by atoms with Crippen LogP contribution < -0.4 is 10.6 Å². The Morgan fingerprint density at radius 2 is 1.50 bits per heavy atom. The largest absolute Gasteiger partial charge is 0.351 e. The predicted octanol–water partition coefficient (Wildman–Crippen LogP) is 0.324. The summed E-state index contributed by atoms with van der Waals surface area (Å²) in [5, 5.41) is 5.91. The third kappa shape index (κ3) is 2.05. The maximum Gasteiger partial charge on any atom is 0.220 e. The van der Waals surface area contributed by atoms with Crippen LogP contribution in [0.2, 0.25) is 0 Å². The third-order valence-corrected chi connectivity index (χ3v) is 3.03. The Bertz CT molecular complexity index is 253. The summed E-state index contributed by atoms with van der Waals surface area (Å²) in [6.45, 7) is 0. The maximum absolute atomic E-state index is 11.3. The van der Waals surface area contributed by atoms with Crippen molar-refractivity contribution in [1.82, 2.24) is 10.6 Å². The molecule has 0 aromatic heterocycles. The van der Waals surface area contributed by atoms with Gasteiger partial charge in [0.15, 0.2) is 0 Å². The number of hydrogen-bond donors (Lipinski definition) is 2. The van der Waals surface area contributed by atoms with Gasteiger partial charge in [0.05, 0.1) is 0 Å². The van der Waals surface area contributed by atoms with Crippen LogP contribution in [0.3, 0.4) is 0 Å². The van der Waals surface area contributed by atoms with Gasteiger partial charge in [-0.2, -0.15) is 0 Å². The lowest BCUT2D eigenvalue weighted by Gasteiger charge is -2.22. The predicted molar refractivity (Wildman–Crippen MR) is 51.6 cm³/mol. The van der Waals surface area contributed by atoms with Gasteiger partial charge in [-0.25, -0.2) is 0 Å². The summed E-state index contributed by atoms with van der Waals surface area (Å²) >= 11 is 0. The molecule has 0 aliphatic carbocycles. The van der Waals surface area contributed by atoms with Crippen molar-refractivity contribution in [3.63, 3.8) is 0 Å². The van der Waals surface area contributed by atoms with E-state index in [2.05, 4.69) is 10.6 Å². The zero-order chi connectivity index (χ0) is 9.97. The number of carbonyl (C=O) groups excluding carboxylic acids is 2. The Labute approximate surface area is 83.4 Å². The van der Waals surface area contributed by atoms with E-state index in [4.69, 9.17) is 0 Å². The van der Waals surface area contributed by atoms with Crippen LogP contribution in [-0.4, -0.2) is 23.9 Å². The molecule has 78 valence electrons. The van der Waals surface area contributed by atoms with Gasteiger partial charge in [-0.05, 0) is 19.3 Å². The minimum Gasteiger partial charge on any atom is -0.351 e. The molecule has 2 aliphatic heterocycles. The molecular formula is C10H16N2O2. The fourth-order valence-electron chi connectivity index (χ4n) is 2.24. The molecule has 4 heteroatoms. The molecule has 2 rings (SSSR count). The molecule has 2 atom stereocenters. The lowest BCUT2D eigenvalue weighted by Crippen LogP contribution is -2.47. The van der Waals surface area contributed by atoms with E-state index in [0.717, 1.165) is 25.7 Å². The summed E-state index contributed by atoms with van der Waals surface area (Å²) in [6, 6.07) is 0.334. The first-order valence-electron chi connectivity index (χ1n) is 5.34. The summed E-state index contributed by atoms with van der Waals surface area (Å²) in [4.78, 5) is 22.3. The molecular weight excluding hydrogens is 180 g/mol. The van der Waals surface area contributed by atoms with Crippen LogP contribution in [-0.2, 0) is 9.59 Å². The molecule has 2 N–H and O–H groups in total. The van der Waals surface area contributed by atoms with E-state index in [1.807, 2.05) is 0 Å². The van der Waals surface area contributed by atoms with Gasteiger partial charge >= 0.3 is 0 Å². The van der Waals surface area contributed by atoms with Gasteiger partial charge in [-0.15, -0.1) is 0 Å². The summed E-state index contributed by atoms with van der Waals surface area (Å²) in [5.41, 5.74) is 0. The number of nitrogens with one attached hydrogen (secondary N) is 2. The zero-order valence-electron chi connectivity index (χ0n) is 8.21. The minimum absolute atomic E-state index is 0.119. The number of hydrogen-bond acceptors (Lipinski definition) is 2. The Morgan fingerprint density at radius 1 is 0.857 bits per heavy atom. The van der Waals surface area contributed by atoms with Crippen molar-refractivity contribution in [3.05, 3.63) is 0 Å². The molecule has 0 aromatic rings. The molecule has 0 radical (unpaired) electrons. The fraction of sp³-hybridized carbons (Fsp3) is 0.800. The fourth-order valence-corrected chi connectivity index (χ4v) is 2.24. The van der Waals surface area contributed by atoms with E-state index >= 15 is 0 Å². The summed E-state index contributed by atoms with van der Waals surface area (Å²) in [6.07, 6.45) is 5.16. The molecule has 2 aliphatic rings. The second-order valence-electron chi connectivity index (χ2n) is 4.13. The SMILES string of the molecule is O=C1CCCCC(C2CCC(=O)N2)N1. The van der Waals surface area contributed by atoms with Crippen LogP contribution in [0.4, 0.5) is 0 Å². The second-order valence-corrected chi connectivity index (χ2v) is 4.13. The van der Waals surface area contributed by atoms with Crippen molar-refractivity contribution in [2.24, 2.45) is 0 Å². The first-order valence-corrected chi connectivity index (χ1v) is 5.34. The standard InChI is InChI=1S/C10H16N2O2/c13-9-4-2-1-3-7(11-9)8-5-6-10(14)12-8/h7-8H,1-6H2,(H,11,13)(H,12,14). The van der Waals surface area contributed by atoms with Crippen LogP contribution in [0.5, 0.6) is 0 Å². The quantitative estimate of drug-likeness (QED) is 0.634. The van der Waals surface area contributed by atoms with E-state index in [1.165, 1.54) is 0 Å². The van der Waals surface area contributed by atoms with Crippen LogP contribution >= 0.6 is 0 Å². The van der Waals surface area contributed by atoms with Crippen molar-refractivity contribution < 1.29 is 9.59 Å². The van der Waals surface area contributed by atoms with Crippen LogP contribution in [0, 0.1) is 0 Å². The van der Waals surface area contributed by atoms with Crippen LogP contribution in [0.25, 0.3) is 0 Å². The normalized spacial score (nSPS) is 33.4. The summed E-state index contributed by atoms with van der Waals surface area (Å²) in [7, 11) is 0. The van der Waals surface area contributed by atoms with Crippen molar-refractivity contribution in [2.45, 2.75) is 50.6 Å². The minimum atomic E-state index is 0.119. The molecule has 14 heavy (non-hydrogen) atoms. The molecule has 0 spiro atoms. The number of amides is 2. The smallest absolute Gasteiger partial charge is 0.220 e. The van der Waals surface area contributed by atoms with Gasteiger partial charge in [0.25, 0.3) is 0 Å². The highest BCUT2D eigenvalue weighted by atomic mass is 16.2. The van der Waals surface area contributed by atoms with Gasteiger partial charge in [-0.1, -0.05) is 6.42 Å². The first-order chi connectivity index (χ1) is 6.75. The Hall–Kier alpha value is -1.06. The van der Waals surface area contributed by atoms with E-state index < -0.39 is 0 Å². The maximum atomic E-state index is 11.3. The van der Waals surface area contributed by atoms with E-state index in [1.54, 1.807) is 0 Å². The van der Waals surface area contributed by atoms with Crippen molar-refractivity contribution in [3.8, 4) is 0 Å². The zero-order valence-corrected chi connectivity index (χ0v) is 8.21. The Kier molecular flexibility index (Phi) is 2.70. The van der Waals surface area contributed by atoms with Crippen LogP contribution in [0.15, 0.2) is 0 Å². The summed E-state index contributed by atoms with van der Waals surface area (Å²) < 4.78 is 0.